The molecule has 0 bridgehead atoms. The van der Waals surface area contributed by atoms with Gasteiger partial charge in [-0.25, -0.2) is 18.4 Å². The monoisotopic (exact) mass is 810 g/mol. The molecule has 14 heteroatoms. The van der Waals surface area contributed by atoms with Crippen LogP contribution in [0, 0.1) is 11.6 Å². The largest absolute Gasteiger partial charge is 0.386 e. The van der Waals surface area contributed by atoms with Gasteiger partial charge >= 0.3 is 11.9 Å². The summed E-state index contributed by atoms with van der Waals surface area (Å²) in [6.45, 7) is 0. The van der Waals surface area contributed by atoms with E-state index in [0.717, 1.165) is 34.8 Å². The summed E-state index contributed by atoms with van der Waals surface area (Å²) >= 11 is 17.8. The number of rotatable bonds is 8. The Morgan fingerprint density at radius 3 is 1.70 bits per heavy atom. The number of ether oxygens (including phenoxy) is 1. The molecule has 50 heavy (non-hydrogen) atoms. The van der Waals surface area contributed by atoms with E-state index in [2.05, 4.69) is 26.6 Å². The predicted molar refractivity (Wildman–Crippen MR) is 196 cm³/mol. The molecule has 6 aromatic rings. The van der Waals surface area contributed by atoms with Crippen molar-refractivity contribution in [3.8, 4) is 22.3 Å². The number of esters is 2. The Labute approximate surface area is 309 Å². The molecule has 0 aliphatic rings. The van der Waals surface area contributed by atoms with E-state index < -0.39 is 35.4 Å². The highest BCUT2D eigenvalue weighted by molar-refractivity contribution is 9.10. The van der Waals surface area contributed by atoms with E-state index >= 15 is 0 Å². The van der Waals surface area contributed by atoms with E-state index in [1.807, 2.05) is 0 Å². The molecule has 2 aromatic heterocycles. The third kappa shape index (κ3) is 7.54. The number of carbonyl (C=O) groups is 4. The first-order valence-electron chi connectivity index (χ1n) is 14.3. The molecule has 250 valence electrons. The second kappa shape index (κ2) is 15.0. The van der Waals surface area contributed by atoms with E-state index in [-0.39, 0.29) is 47.9 Å². The first-order valence-corrected chi connectivity index (χ1v) is 17.6. The lowest BCUT2D eigenvalue weighted by molar-refractivity contribution is 0.0401. The smallest absolute Gasteiger partial charge is 0.349 e. The molecule has 0 fully saturated rings. The zero-order valence-electron chi connectivity index (χ0n) is 25.1. The molecule has 4 aromatic carbocycles. The van der Waals surface area contributed by atoms with Gasteiger partial charge in [0.1, 0.15) is 32.8 Å². The molecule has 0 atom stereocenters. The average molecular weight is 812 g/mol. The van der Waals surface area contributed by atoms with Crippen LogP contribution in [0.3, 0.4) is 0 Å². The SMILES string of the molecule is O=C(Nc1scc(-c2ccc(Cl)c(Cl)c2)c1C(=O)OC(=O)c1c(-c2ccccc2Br)csc1NC(=O)c1cccc(F)c1)c1cccc(F)c1. The minimum atomic E-state index is -1.14. The highest BCUT2D eigenvalue weighted by Crippen LogP contribution is 2.41. The first kappa shape index (κ1) is 35.1. The van der Waals surface area contributed by atoms with Gasteiger partial charge in [0.25, 0.3) is 11.8 Å². The van der Waals surface area contributed by atoms with Crippen LogP contribution in [0.2, 0.25) is 10.0 Å². The van der Waals surface area contributed by atoms with E-state index in [4.69, 9.17) is 27.9 Å². The quantitative estimate of drug-likeness (QED) is 0.118. The Hall–Kier alpha value is -4.72. The molecule has 6 rings (SSSR count). The second-order valence-electron chi connectivity index (χ2n) is 10.4. The average Bonchev–Trinajstić information content (AvgIpc) is 3.70. The zero-order chi connectivity index (χ0) is 35.5. The molecule has 0 saturated heterocycles. The van der Waals surface area contributed by atoms with Crippen LogP contribution < -0.4 is 10.6 Å². The van der Waals surface area contributed by atoms with Gasteiger partial charge in [-0.05, 0) is 65.7 Å². The minimum Gasteiger partial charge on any atom is -0.386 e. The molecule has 2 amide bonds. The van der Waals surface area contributed by atoms with Gasteiger partial charge in [0, 0.05) is 37.5 Å². The molecule has 2 heterocycles. The standard InChI is InChI=1S/C36H19BrCl2F2N2O5S2/c37-26-10-2-1-9-23(26)25-17-50-34(43-32(45)20-6-4-8-22(41)14-20)30(25)36(47)48-35(46)29-24(18-11-12-27(38)28(39)15-18)16-49-33(29)42-31(44)19-5-3-7-21(40)13-19/h1-17H,(H,42,44)(H,43,45). The normalized spacial score (nSPS) is 10.8. The number of nitrogens with one attached hydrogen (secondary N) is 2. The maximum Gasteiger partial charge on any atom is 0.349 e. The molecule has 0 spiro atoms. The Balaban J connectivity index is 1.39. The summed E-state index contributed by atoms with van der Waals surface area (Å²) in [7, 11) is 0. The van der Waals surface area contributed by atoms with Crippen molar-refractivity contribution in [2.45, 2.75) is 0 Å². The summed E-state index contributed by atoms with van der Waals surface area (Å²) in [4.78, 5) is 54.3. The molecule has 0 radical (unpaired) electrons. The van der Waals surface area contributed by atoms with Gasteiger partial charge in [-0.1, -0.05) is 75.5 Å². The van der Waals surface area contributed by atoms with Gasteiger partial charge < -0.3 is 15.4 Å². The fourth-order valence-corrected chi connectivity index (χ4v) is 7.55. The van der Waals surface area contributed by atoms with E-state index in [0.29, 0.717) is 21.2 Å². The van der Waals surface area contributed by atoms with Gasteiger partial charge in [0.2, 0.25) is 0 Å². The van der Waals surface area contributed by atoms with Crippen LogP contribution in [-0.2, 0) is 4.74 Å². The summed E-state index contributed by atoms with van der Waals surface area (Å²) < 4.78 is 33.9. The fraction of sp³-hybridized carbons (Fsp3) is 0. The molecular weight excluding hydrogens is 793 g/mol. The zero-order valence-corrected chi connectivity index (χ0v) is 29.8. The topological polar surface area (TPSA) is 102 Å². The van der Waals surface area contributed by atoms with Gasteiger partial charge in [0.05, 0.1) is 10.0 Å². The van der Waals surface area contributed by atoms with Crippen LogP contribution in [0.15, 0.2) is 106 Å². The molecule has 0 aliphatic heterocycles. The Bertz CT molecular complexity index is 2330. The van der Waals surface area contributed by atoms with Crippen molar-refractivity contribution in [1.82, 2.24) is 0 Å². The van der Waals surface area contributed by atoms with E-state index in [9.17, 15) is 28.0 Å². The lowest BCUT2D eigenvalue weighted by Gasteiger charge is -2.12. The molecule has 0 unspecified atom stereocenters. The first-order chi connectivity index (χ1) is 24.0. The lowest BCUT2D eigenvalue weighted by atomic mass is 10.0. The van der Waals surface area contributed by atoms with Crippen molar-refractivity contribution in [2.75, 3.05) is 10.6 Å². The van der Waals surface area contributed by atoms with Crippen LogP contribution in [0.4, 0.5) is 18.8 Å². The summed E-state index contributed by atoms with van der Waals surface area (Å²) in [5.74, 6) is -4.95. The number of thiophene rings is 2. The van der Waals surface area contributed by atoms with Crippen LogP contribution >= 0.6 is 61.8 Å². The van der Waals surface area contributed by atoms with Crippen molar-refractivity contribution >= 4 is 95.6 Å². The number of benzene rings is 4. The number of anilines is 2. The third-order valence-corrected chi connectivity index (χ3v) is 10.4. The van der Waals surface area contributed by atoms with E-state index in [1.54, 1.807) is 41.1 Å². The van der Waals surface area contributed by atoms with Crippen LogP contribution in [-0.4, -0.2) is 23.8 Å². The van der Waals surface area contributed by atoms with Crippen molar-refractivity contribution in [2.24, 2.45) is 0 Å². The summed E-state index contributed by atoms with van der Waals surface area (Å²) in [5, 5.41) is 8.91. The third-order valence-electron chi connectivity index (χ3n) is 7.20. The number of hydrogen-bond acceptors (Lipinski definition) is 7. The van der Waals surface area contributed by atoms with Crippen molar-refractivity contribution in [1.29, 1.82) is 0 Å². The van der Waals surface area contributed by atoms with Crippen molar-refractivity contribution < 1.29 is 32.7 Å². The van der Waals surface area contributed by atoms with Crippen LogP contribution in [0.25, 0.3) is 22.3 Å². The Morgan fingerprint density at radius 1 is 0.620 bits per heavy atom. The molecule has 0 saturated carbocycles. The molecular formula is C36H19BrCl2F2N2O5S2. The number of carbonyl (C=O) groups excluding carboxylic acids is 4. The minimum absolute atomic E-state index is 0.000503. The summed E-state index contributed by atoms with van der Waals surface area (Å²) in [5.41, 5.74) is 1.24. The second-order valence-corrected chi connectivity index (χ2v) is 13.8. The van der Waals surface area contributed by atoms with Gasteiger partial charge in [-0.2, -0.15) is 0 Å². The highest BCUT2D eigenvalue weighted by atomic mass is 79.9. The number of hydrogen-bond donors (Lipinski definition) is 2. The van der Waals surface area contributed by atoms with Crippen molar-refractivity contribution in [3.05, 3.63) is 150 Å². The maximum absolute atomic E-state index is 14.0. The summed E-state index contributed by atoms with van der Waals surface area (Å²) in [6, 6.07) is 21.6. The molecule has 2 N–H and O–H groups in total. The fourth-order valence-electron chi connectivity index (χ4n) is 4.86. The Morgan fingerprint density at radius 2 is 1.16 bits per heavy atom. The van der Waals surface area contributed by atoms with Gasteiger partial charge in [0.15, 0.2) is 0 Å². The number of halogens is 5. The lowest BCUT2D eigenvalue weighted by Crippen LogP contribution is -2.19. The highest BCUT2D eigenvalue weighted by Gasteiger charge is 2.30. The molecule has 0 aliphatic carbocycles. The van der Waals surface area contributed by atoms with Crippen LogP contribution in [0.1, 0.15) is 41.4 Å². The predicted octanol–water partition coefficient (Wildman–Crippen LogP) is 11.0. The molecule has 7 nitrogen and oxygen atoms in total. The number of amides is 2. The van der Waals surface area contributed by atoms with Crippen LogP contribution in [0.5, 0.6) is 0 Å². The van der Waals surface area contributed by atoms with Gasteiger partial charge in [-0.15, -0.1) is 22.7 Å². The van der Waals surface area contributed by atoms with E-state index in [1.165, 1.54) is 48.5 Å². The summed E-state index contributed by atoms with van der Waals surface area (Å²) in [6.07, 6.45) is 0. The van der Waals surface area contributed by atoms with Gasteiger partial charge in [-0.3, -0.25) is 9.59 Å². The van der Waals surface area contributed by atoms with Crippen molar-refractivity contribution in [3.63, 3.8) is 0 Å². The Kier molecular flexibility index (Phi) is 10.6. The maximum atomic E-state index is 14.0.